The highest BCUT2D eigenvalue weighted by Crippen LogP contribution is 2.30. The number of hydrogen-bond donors (Lipinski definition) is 2. The van der Waals surface area contributed by atoms with Crippen LogP contribution >= 0.6 is 24.8 Å². The van der Waals surface area contributed by atoms with Crippen LogP contribution in [0.3, 0.4) is 0 Å². The van der Waals surface area contributed by atoms with Crippen LogP contribution in [-0.4, -0.2) is 11.7 Å². The number of furan rings is 1. The molecule has 1 aromatic heterocycles. The first-order valence-corrected chi connectivity index (χ1v) is 11.3. The molecule has 0 radical (unpaired) electrons. The van der Waals surface area contributed by atoms with E-state index in [9.17, 15) is 0 Å². The molecule has 0 bridgehead atoms. The molecule has 4 aromatic carbocycles. The quantitative estimate of drug-likeness (QED) is 0.176. The Kier molecular flexibility index (Phi) is 9.27. The second-order valence-corrected chi connectivity index (χ2v) is 7.98. The first-order valence-electron chi connectivity index (χ1n) is 11.3. The number of aliphatic imine (C=N–C) groups is 2. The minimum Gasteiger partial charge on any atom is -0.456 e. The van der Waals surface area contributed by atoms with E-state index in [2.05, 4.69) is 9.98 Å². The van der Waals surface area contributed by atoms with E-state index in [1.54, 1.807) is 0 Å². The van der Waals surface area contributed by atoms with Crippen LogP contribution in [0.2, 0.25) is 0 Å². The molecule has 0 atom stereocenters. The van der Waals surface area contributed by atoms with E-state index in [4.69, 9.17) is 15.9 Å². The second kappa shape index (κ2) is 12.6. The molecular weight excluding hydrogens is 503 g/mol. The summed E-state index contributed by atoms with van der Waals surface area (Å²) in [6.07, 6.45) is 0. The summed E-state index contributed by atoms with van der Waals surface area (Å²) in [4.78, 5) is 9.02. The maximum atomic E-state index is 6.13. The minimum absolute atomic E-state index is 0. The van der Waals surface area contributed by atoms with Crippen molar-refractivity contribution in [2.45, 2.75) is 0 Å². The van der Waals surface area contributed by atoms with E-state index in [1.165, 1.54) is 0 Å². The smallest absolute Gasteiger partial charge is 0.134 e. The molecule has 7 heteroatoms. The second-order valence-electron chi connectivity index (χ2n) is 7.98. The number of amidine groups is 2. The molecule has 0 fully saturated rings. The number of benzene rings is 4. The van der Waals surface area contributed by atoms with Gasteiger partial charge in [-0.3, -0.25) is 0 Å². The molecule has 37 heavy (non-hydrogen) atoms. The topological polar surface area (TPSA) is 89.9 Å². The van der Waals surface area contributed by atoms with Crippen LogP contribution in [0.4, 0.5) is 11.4 Å². The molecule has 5 nitrogen and oxygen atoms in total. The van der Waals surface area contributed by atoms with Gasteiger partial charge in [-0.1, -0.05) is 60.7 Å². The van der Waals surface area contributed by atoms with Crippen LogP contribution in [0.5, 0.6) is 0 Å². The normalized spacial score (nSPS) is 11.4. The largest absolute Gasteiger partial charge is 0.456 e. The van der Waals surface area contributed by atoms with Gasteiger partial charge in [-0.15, -0.1) is 24.8 Å². The third kappa shape index (κ3) is 6.67. The zero-order valence-corrected chi connectivity index (χ0v) is 21.5. The molecule has 0 aliphatic carbocycles. The van der Waals surface area contributed by atoms with Gasteiger partial charge in [-0.05, 0) is 60.7 Å². The molecule has 0 amide bonds. The Bertz CT molecular complexity index is 1370. The zero-order valence-electron chi connectivity index (χ0n) is 19.8. The van der Waals surface area contributed by atoms with E-state index in [1.807, 2.05) is 121 Å². The summed E-state index contributed by atoms with van der Waals surface area (Å²) in [6, 6.07) is 39.0. The fraction of sp³-hybridized carbons (Fsp3) is 0. The van der Waals surface area contributed by atoms with Crippen molar-refractivity contribution in [1.29, 1.82) is 0 Å². The van der Waals surface area contributed by atoms with Crippen molar-refractivity contribution in [2.24, 2.45) is 21.5 Å². The molecular formula is C30H26Cl2N4O. The summed E-state index contributed by atoms with van der Waals surface area (Å²) in [5, 5.41) is 0. The molecule has 0 saturated heterocycles. The van der Waals surface area contributed by atoms with E-state index in [-0.39, 0.29) is 24.8 Å². The molecule has 5 rings (SSSR count). The Labute approximate surface area is 228 Å². The Morgan fingerprint density at radius 3 is 1.16 bits per heavy atom. The molecule has 186 valence electrons. The SMILES string of the molecule is Cl.Cl.NC(=Nc1ccc(-c2ccc(-c3ccc(N=C(N)c4ccccc4)cc3)o2)cc1)c1ccccc1. The summed E-state index contributed by atoms with van der Waals surface area (Å²) in [7, 11) is 0. The van der Waals surface area contributed by atoms with E-state index in [0.29, 0.717) is 11.7 Å². The number of rotatable bonds is 6. The maximum absolute atomic E-state index is 6.13. The number of nitrogens with two attached hydrogens (primary N) is 2. The highest BCUT2D eigenvalue weighted by Gasteiger charge is 2.08. The molecule has 1 heterocycles. The lowest BCUT2D eigenvalue weighted by Gasteiger charge is -2.03. The van der Waals surface area contributed by atoms with Crippen molar-refractivity contribution in [3.8, 4) is 22.6 Å². The van der Waals surface area contributed by atoms with Crippen LogP contribution in [0.1, 0.15) is 11.1 Å². The van der Waals surface area contributed by atoms with Gasteiger partial charge in [-0.25, -0.2) is 9.98 Å². The maximum Gasteiger partial charge on any atom is 0.134 e. The Morgan fingerprint density at radius 2 is 0.811 bits per heavy atom. The highest BCUT2D eigenvalue weighted by atomic mass is 35.5. The molecule has 0 unspecified atom stereocenters. The lowest BCUT2D eigenvalue weighted by atomic mass is 10.1. The van der Waals surface area contributed by atoms with Crippen LogP contribution in [-0.2, 0) is 0 Å². The standard InChI is InChI=1S/C30H24N4O.2ClH/c31-29(23-7-3-1-4-8-23)33-25-15-11-21(12-16-25)27-19-20-28(35-27)22-13-17-26(18-14-22)34-30(32)24-9-5-2-6-10-24;;/h1-20H,(H2,31,33)(H2,32,34);2*1H. The summed E-state index contributed by atoms with van der Waals surface area (Å²) in [5.41, 5.74) is 17.5. The first kappa shape index (κ1) is 27.3. The average Bonchev–Trinajstić information content (AvgIpc) is 3.41. The fourth-order valence-corrected chi connectivity index (χ4v) is 3.67. The third-order valence-electron chi connectivity index (χ3n) is 5.55. The van der Waals surface area contributed by atoms with Gasteiger partial charge in [0.2, 0.25) is 0 Å². The van der Waals surface area contributed by atoms with E-state index < -0.39 is 0 Å². The lowest BCUT2D eigenvalue weighted by Crippen LogP contribution is -2.12. The van der Waals surface area contributed by atoms with Crippen LogP contribution < -0.4 is 11.5 Å². The van der Waals surface area contributed by atoms with Crippen molar-refractivity contribution >= 4 is 47.9 Å². The van der Waals surface area contributed by atoms with Gasteiger partial charge in [0.05, 0.1) is 11.4 Å². The number of hydrogen-bond acceptors (Lipinski definition) is 3. The first-order chi connectivity index (χ1) is 17.2. The van der Waals surface area contributed by atoms with Gasteiger partial charge in [0.15, 0.2) is 0 Å². The number of halogens is 2. The van der Waals surface area contributed by atoms with Crippen molar-refractivity contribution in [3.05, 3.63) is 132 Å². The van der Waals surface area contributed by atoms with E-state index >= 15 is 0 Å². The zero-order chi connectivity index (χ0) is 24.0. The molecule has 5 aromatic rings. The summed E-state index contributed by atoms with van der Waals surface area (Å²) in [5.74, 6) is 2.53. The third-order valence-corrected chi connectivity index (χ3v) is 5.55. The molecule has 0 spiro atoms. The summed E-state index contributed by atoms with van der Waals surface area (Å²) < 4.78 is 6.12. The van der Waals surface area contributed by atoms with Gasteiger partial charge < -0.3 is 15.9 Å². The van der Waals surface area contributed by atoms with Crippen molar-refractivity contribution in [1.82, 2.24) is 0 Å². The van der Waals surface area contributed by atoms with E-state index in [0.717, 1.165) is 45.1 Å². The Hall–Kier alpha value is -4.32. The van der Waals surface area contributed by atoms with Gasteiger partial charge >= 0.3 is 0 Å². The molecule has 0 aliphatic heterocycles. The van der Waals surface area contributed by atoms with Gasteiger partial charge in [0, 0.05) is 22.3 Å². The highest BCUT2D eigenvalue weighted by molar-refractivity contribution is 5.99. The van der Waals surface area contributed by atoms with Crippen LogP contribution in [0.25, 0.3) is 22.6 Å². The lowest BCUT2D eigenvalue weighted by molar-refractivity contribution is 0.597. The van der Waals surface area contributed by atoms with Crippen molar-refractivity contribution in [3.63, 3.8) is 0 Å². The van der Waals surface area contributed by atoms with Gasteiger partial charge in [0.1, 0.15) is 23.2 Å². The fourth-order valence-electron chi connectivity index (χ4n) is 3.67. The summed E-state index contributed by atoms with van der Waals surface area (Å²) >= 11 is 0. The average molecular weight is 529 g/mol. The summed E-state index contributed by atoms with van der Waals surface area (Å²) in [6.45, 7) is 0. The predicted octanol–water partition coefficient (Wildman–Crippen LogP) is 7.53. The predicted molar refractivity (Wildman–Crippen MR) is 158 cm³/mol. The van der Waals surface area contributed by atoms with Gasteiger partial charge in [0.25, 0.3) is 0 Å². The Balaban J connectivity index is 0.00000190. The van der Waals surface area contributed by atoms with Gasteiger partial charge in [-0.2, -0.15) is 0 Å². The monoisotopic (exact) mass is 528 g/mol. The van der Waals surface area contributed by atoms with Crippen LogP contribution in [0, 0.1) is 0 Å². The minimum atomic E-state index is 0. The van der Waals surface area contributed by atoms with Crippen molar-refractivity contribution < 1.29 is 4.42 Å². The molecule has 0 aliphatic rings. The van der Waals surface area contributed by atoms with Crippen LogP contribution in [0.15, 0.2) is 136 Å². The molecule has 0 saturated carbocycles. The number of nitrogens with zero attached hydrogens (tertiary/aromatic N) is 2. The molecule has 4 N–H and O–H groups in total. The van der Waals surface area contributed by atoms with Crippen molar-refractivity contribution in [2.75, 3.05) is 0 Å². The Morgan fingerprint density at radius 1 is 0.459 bits per heavy atom.